The van der Waals surface area contributed by atoms with Crippen LogP contribution in [-0.4, -0.2) is 22.2 Å². The van der Waals surface area contributed by atoms with Gasteiger partial charge in [-0.05, 0) is 19.3 Å². The first-order chi connectivity index (χ1) is 8.05. The number of hydrogen-bond acceptors (Lipinski definition) is 3. The highest BCUT2D eigenvalue weighted by atomic mass is 19.4. The molecule has 0 radical (unpaired) electrons. The van der Waals surface area contributed by atoms with Crippen molar-refractivity contribution < 1.29 is 13.2 Å². The molecule has 17 heavy (non-hydrogen) atoms. The van der Waals surface area contributed by atoms with Gasteiger partial charge in [0.05, 0.1) is 24.0 Å². The molecule has 1 aliphatic rings. The molecule has 1 N–H and O–H groups in total. The van der Waals surface area contributed by atoms with Crippen LogP contribution in [0.3, 0.4) is 0 Å². The summed E-state index contributed by atoms with van der Waals surface area (Å²) in [6.45, 7) is 0. The summed E-state index contributed by atoms with van der Waals surface area (Å²) < 4.78 is 37.8. The Bertz CT molecular complexity index is 353. The Kier molecular flexibility index (Phi) is 3.49. The molecule has 94 valence electrons. The number of anilines is 1. The van der Waals surface area contributed by atoms with Crippen LogP contribution in [0.15, 0.2) is 18.7 Å². The predicted octanol–water partition coefficient (Wildman–Crippen LogP) is 3.01. The van der Waals surface area contributed by atoms with Crippen molar-refractivity contribution in [3.8, 4) is 0 Å². The first kappa shape index (κ1) is 12.1. The Balaban J connectivity index is 1.94. The summed E-state index contributed by atoms with van der Waals surface area (Å²) in [7, 11) is 0. The maximum absolute atomic E-state index is 12.6. The average molecular weight is 245 g/mol. The van der Waals surface area contributed by atoms with E-state index in [4.69, 9.17) is 0 Å². The smallest absolute Gasteiger partial charge is 0.380 e. The topological polar surface area (TPSA) is 37.8 Å². The molecule has 1 fully saturated rings. The van der Waals surface area contributed by atoms with E-state index in [1.54, 1.807) is 12.4 Å². The standard InChI is InChI=1S/C11H14F3N3/c12-11(13,14)8-2-1-3-9(4-8)17-10-5-15-7-16-6-10/h5-9,17H,1-4H2. The molecule has 1 saturated carbocycles. The van der Waals surface area contributed by atoms with Gasteiger partial charge in [0.15, 0.2) is 0 Å². The van der Waals surface area contributed by atoms with Crippen LogP contribution in [0.2, 0.25) is 0 Å². The lowest BCUT2D eigenvalue weighted by Gasteiger charge is -2.31. The number of nitrogens with zero attached hydrogens (tertiary/aromatic N) is 2. The van der Waals surface area contributed by atoms with E-state index in [0.717, 1.165) is 6.42 Å². The van der Waals surface area contributed by atoms with Crippen LogP contribution in [0.1, 0.15) is 25.7 Å². The van der Waals surface area contributed by atoms with E-state index >= 15 is 0 Å². The van der Waals surface area contributed by atoms with E-state index in [0.29, 0.717) is 12.1 Å². The summed E-state index contributed by atoms with van der Waals surface area (Å²) in [5, 5.41) is 3.06. The van der Waals surface area contributed by atoms with Gasteiger partial charge < -0.3 is 5.32 Å². The highest BCUT2D eigenvalue weighted by Crippen LogP contribution is 2.38. The van der Waals surface area contributed by atoms with Gasteiger partial charge in [-0.25, -0.2) is 9.97 Å². The van der Waals surface area contributed by atoms with Crippen molar-refractivity contribution in [2.75, 3.05) is 5.32 Å². The molecule has 0 bridgehead atoms. The van der Waals surface area contributed by atoms with Gasteiger partial charge in [-0.3, -0.25) is 0 Å². The fraction of sp³-hybridized carbons (Fsp3) is 0.636. The third-order valence-electron chi connectivity index (χ3n) is 3.07. The molecular formula is C11H14F3N3. The second-order valence-electron chi connectivity index (χ2n) is 4.37. The number of aromatic nitrogens is 2. The minimum absolute atomic E-state index is 0.137. The average Bonchev–Trinajstić information content (AvgIpc) is 2.29. The quantitative estimate of drug-likeness (QED) is 0.870. The number of hydrogen-bond donors (Lipinski definition) is 1. The predicted molar refractivity (Wildman–Crippen MR) is 57.5 cm³/mol. The summed E-state index contributed by atoms with van der Waals surface area (Å²) in [5.74, 6) is -1.18. The molecule has 1 aromatic heterocycles. The van der Waals surface area contributed by atoms with Crippen molar-refractivity contribution in [2.24, 2.45) is 5.92 Å². The zero-order chi connectivity index (χ0) is 12.3. The van der Waals surface area contributed by atoms with Crippen molar-refractivity contribution >= 4 is 5.69 Å². The van der Waals surface area contributed by atoms with Gasteiger partial charge in [-0.1, -0.05) is 6.42 Å². The minimum atomic E-state index is -4.08. The molecule has 2 unspecified atom stereocenters. The number of alkyl halides is 3. The molecule has 2 rings (SSSR count). The van der Waals surface area contributed by atoms with Gasteiger partial charge in [0.1, 0.15) is 6.33 Å². The minimum Gasteiger partial charge on any atom is -0.380 e. The van der Waals surface area contributed by atoms with Crippen LogP contribution in [0, 0.1) is 5.92 Å². The Morgan fingerprint density at radius 2 is 1.88 bits per heavy atom. The van der Waals surface area contributed by atoms with Crippen LogP contribution in [0.25, 0.3) is 0 Å². The van der Waals surface area contributed by atoms with Gasteiger partial charge in [0.25, 0.3) is 0 Å². The molecule has 1 aliphatic carbocycles. The van der Waals surface area contributed by atoms with Gasteiger partial charge in [-0.15, -0.1) is 0 Å². The third kappa shape index (κ3) is 3.31. The van der Waals surface area contributed by atoms with E-state index in [1.165, 1.54) is 6.33 Å². The number of halogens is 3. The van der Waals surface area contributed by atoms with E-state index in [2.05, 4.69) is 15.3 Å². The summed E-state index contributed by atoms with van der Waals surface area (Å²) in [6.07, 6.45) is 2.22. The summed E-state index contributed by atoms with van der Waals surface area (Å²) in [4.78, 5) is 7.64. The lowest BCUT2D eigenvalue weighted by atomic mass is 9.85. The first-order valence-electron chi connectivity index (χ1n) is 5.64. The maximum atomic E-state index is 12.6. The normalized spacial score (nSPS) is 25.6. The van der Waals surface area contributed by atoms with Gasteiger partial charge in [-0.2, -0.15) is 13.2 Å². The van der Waals surface area contributed by atoms with Crippen LogP contribution in [0.4, 0.5) is 18.9 Å². The summed E-state index contributed by atoms with van der Waals surface area (Å²) >= 11 is 0. The van der Waals surface area contributed by atoms with Gasteiger partial charge in [0.2, 0.25) is 0 Å². The molecule has 6 heteroatoms. The summed E-state index contributed by atoms with van der Waals surface area (Å²) in [6, 6.07) is -0.138. The van der Waals surface area contributed by atoms with Crippen LogP contribution < -0.4 is 5.32 Å². The fourth-order valence-corrected chi connectivity index (χ4v) is 2.23. The van der Waals surface area contributed by atoms with E-state index in [-0.39, 0.29) is 18.9 Å². The number of nitrogens with one attached hydrogen (secondary N) is 1. The Hall–Kier alpha value is -1.33. The zero-order valence-corrected chi connectivity index (χ0v) is 9.24. The summed E-state index contributed by atoms with van der Waals surface area (Å²) in [5.41, 5.74) is 0.681. The van der Waals surface area contributed by atoms with Gasteiger partial charge in [0, 0.05) is 6.04 Å². The largest absolute Gasteiger partial charge is 0.391 e. The Morgan fingerprint density at radius 1 is 1.18 bits per heavy atom. The van der Waals surface area contributed by atoms with E-state index in [9.17, 15) is 13.2 Å². The van der Waals surface area contributed by atoms with Crippen LogP contribution >= 0.6 is 0 Å². The van der Waals surface area contributed by atoms with E-state index < -0.39 is 12.1 Å². The molecule has 1 aromatic rings. The molecule has 2 atom stereocenters. The Labute approximate surface area is 97.5 Å². The monoisotopic (exact) mass is 245 g/mol. The first-order valence-corrected chi connectivity index (χ1v) is 5.64. The molecular weight excluding hydrogens is 231 g/mol. The maximum Gasteiger partial charge on any atom is 0.391 e. The lowest BCUT2D eigenvalue weighted by Crippen LogP contribution is -2.34. The highest BCUT2D eigenvalue weighted by Gasteiger charge is 2.42. The van der Waals surface area contributed by atoms with E-state index in [1.807, 2.05) is 0 Å². The Morgan fingerprint density at radius 3 is 2.53 bits per heavy atom. The molecule has 0 saturated heterocycles. The van der Waals surface area contributed by atoms with Gasteiger partial charge >= 0.3 is 6.18 Å². The van der Waals surface area contributed by atoms with Crippen molar-refractivity contribution in [3.63, 3.8) is 0 Å². The second-order valence-corrected chi connectivity index (χ2v) is 4.37. The van der Waals surface area contributed by atoms with Crippen LogP contribution in [0.5, 0.6) is 0 Å². The molecule has 0 amide bonds. The molecule has 1 heterocycles. The van der Waals surface area contributed by atoms with Crippen molar-refractivity contribution in [2.45, 2.75) is 37.9 Å². The second kappa shape index (κ2) is 4.89. The number of rotatable bonds is 2. The van der Waals surface area contributed by atoms with Crippen molar-refractivity contribution in [3.05, 3.63) is 18.7 Å². The SMILES string of the molecule is FC(F)(F)C1CCCC(Nc2cncnc2)C1. The fourth-order valence-electron chi connectivity index (χ4n) is 2.23. The molecule has 3 nitrogen and oxygen atoms in total. The molecule has 0 aromatic carbocycles. The van der Waals surface area contributed by atoms with Crippen molar-refractivity contribution in [1.29, 1.82) is 0 Å². The highest BCUT2D eigenvalue weighted by molar-refractivity contribution is 5.38. The van der Waals surface area contributed by atoms with Crippen molar-refractivity contribution in [1.82, 2.24) is 9.97 Å². The third-order valence-corrected chi connectivity index (χ3v) is 3.07. The lowest BCUT2D eigenvalue weighted by molar-refractivity contribution is -0.182. The molecule has 0 spiro atoms. The zero-order valence-electron chi connectivity index (χ0n) is 9.24. The molecule has 0 aliphatic heterocycles. The van der Waals surface area contributed by atoms with Crippen LogP contribution in [-0.2, 0) is 0 Å².